The largest absolute Gasteiger partial charge is 0.454 e. The van der Waals surface area contributed by atoms with Crippen LogP contribution < -0.4 is 20.1 Å². The van der Waals surface area contributed by atoms with Gasteiger partial charge in [0, 0.05) is 24.2 Å². The Balaban J connectivity index is 1.54. The molecule has 0 spiro atoms. The lowest BCUT2D eigenvalue weighted by Crippen LogP contribution is -2.28. The van der Waals surface area contributed by atoms with Crippen molar-refractivity contribution in [2.24, 2.45) is 0 Å². The summed E-state index contributed by atoms with van der Waals surface area (Å²) in [6.07, 6.45) is 0.869. The summed E-state index contributed by atoms with van der Waals surface area (Å²) in [5, 5.41) is 5.74. The monoisotopic (exact) mass is 383 g/mol. The molecule has 2 aromatic carbocycles. The van der Waals surface area contributed by atoms with Gasteiger partial charge >= 0.3 is 0 Å². The number of nitrogens with zero attached hydrogens (tertiary/aromatic N) is 1. The van der Waals surface area contributed by atoms with Gasteiger partial charge in [-0.05, 0) is 63.0 Å². The molecule has 0 saturated carbocycles. The maximum absolute atomic E-state index is 12.5. The van der Waals surface area contributed by atoms with E-state index in [9.17, 15) is 9.59 Å². The van der Waals surface area contributed by atoms with E-state index in [1.807, 2.05) is 32.3 Å². The number of carbonyl (C=O) groups is 2. The van der Waals surface area contributed by atoms with Crippen LogP contribution in [0.1, 0.15) is 32.7 Å². The van der Waals surface area contributed by atoms with Crippen molar-refractivity contribution in [3.63, 3.8) is 0 Å². The molecule has 0 atom stereocenters. The van der Waals surface area contributed by atoms with Crippen LogP contribution in [0, 0.1) is 0 Å². The van der Waals surface area contributed by atoms with Crippen LogP contribution in [-0.4, -0.2) is 50.7 Å². The summed E-state index contributed by atoms with van der Waals surface area (Å²) in [5.74, 6) is 0.975. The van der Waals surface area contributed by atoms with Crippen molar-refractivity contribution >= 4 is 11.8 Å². The number of carbonyl (C=O) groups excluding carboxylic acids is 2. The molecule has 7 nitrogen and oxygen atoms in total. The lowest BCUT2D eigenvalue weighted by Gasteiger charge is -2.10. The van der Waals surface area contributed by atoms with Gasteiger partial charge in [0.15, 0.2) is 11.5 Å². The zero-order chi connectivity index (χ0) is 19.9. The molecule has 0 aromatic heterocycles. The molecule has 2 aromatic rings. The fraction of sp³-hybridized carbons (Fsp3) is 0.333. The van der Waals surface area contributed by atoms with Crippen molar-refractivity contribution in [3.05, 3.63) is 59.2 Å². The summed E-state index contributed by atoms with van der Waals surface area (Å²) in [6, 6.07) is 12.3. The van der Waals surface area contributed by atoms with Crippen LogP contribution >= 0.6 is 0 Å². The van der Waals surface area contributed by atoms with Crippen LogP contribution in [0.2, 0.25) is 0 Å². The molecule has 1 aliphatic heterocycles. The van der Waals surface area contributed by atoms with Crippen molar-refractivity contribution in [1.82, 2.24) is 15.5 Å². The lowest BCUT2D eigenvalue weighted by atomic mass is 10.1. The van der Waals surface area contributed by atoms with Gasteiger partial charge in [-0.25, -0.2) is 0 Å². The molecule has 0 aliphatic carbocycles. The number of nitrogens with one attached hydrogen (secondary N) is 2. The first kappa shape index (κ1) is 19.7. The first-order chi connectivity index (χ1) is 13.5. The molecule has 1 aliphatic rings. The fourth-order valence-electron chi connectivity index (χ4n) is 2.84. The highest BCUT2D eigenvalue weighted by Crippen LogP contribution is 2.32. The van der Waals surface area contributed by atoms with Gasteiger partial charge in [0.1, 0.15) is 0 Å². The fourth-order valence-corrected chi connectivity index (χ4v) is 2.84. The molecule has 3 rings (SSSR count). The van der Waals surface area contributed by atoms with Crippen LogP contribution in [-0.2, 0) is 6.54 Å². The van der Waals surface area contributed by atoms with Gasteiger partial charge in [0.25, 0.3) is 11.8 Å². The van der Waals surface area contributed by atoms with E-state index in [-0.39, 0.29) is 18.6 Å². The third-order valence-corrected chi connectivity index (χ3v) is 4.34. The zero-order valence-corrected chi connectivity index (χ0v) is 16.2. The van der Waals surface area contributed by atoms with Crippen LogP contribution in [0.15, 0.2) is 42.5 Å². The quantitative estimate of drug-likeness (QED) is 0.682. The molecule has 28 heavy (non-hydrogen) atoms. The second kappa shape index (κ2) is 9.23. The van der Waals surface area contributed by atoms with E-state index in [0.717, 1.165) is 18.5 Å². The SMILES string of the molecule is CN(C)CCCNC(=O)c1cccc(C(=O)NCc2ccc3c(c2)OCO3)c1. The summed E-state index contributed by atoms with van der Waals surface area (Å²) in [4.78, 5) is 26.8. The van der Waals surface area contributed by atoms with Crippen molar-refractivity contribution in [1.29, 1.82) is 0 Å². The highest BCUT2D eigenvalue weighted by molar-refractivity contribution is 5.99. The minimum atomic E-state index is -0.236. The van der Waals surface area contributed by atoms with Gasteiger partial charge in [-0.15, -0.1) is 0 Å². The Bertz CT molecular complexity index is 851. The molecule has 0 saturated heterocycles. The molecule has 7 heteroatoms. The number of fused-ring (bicyclic) bond motifs is 1. The lowest BCUT2D eigenvalue weighted by molar-refractivity contribution is 0.0950. The summed E-state index contributed by atoms with van der Waals surface area (Å²) in [6.45, 7) is 2.08. The molecule has 0 fully saturated rings. The minimum Gasteiger partial charge on any atom is -0.454 e. The Morgan fingerprint density at radius 3 is 2.43 bits per heavy atom. The highest BCUT2D eigenvalue weighted by atomic mass is 16.7. The zero-order valence-electron chi connectivity index (χ0n) is 16.2. The molecule has 0 bridgehead atoms. The smallest absolute Gasteiger partial charge is 0.251 e. The predicted octanol–water partition coefficient (Wildman–Crippen LogP) is 2.03. The number of hydrogen-bond donors (Lipinski definition) is 2. The minimum absolute atomic E-state index is 0.177. The third kappa shape index (κ3) is 5.23. The number of rotatable bonds is 8. The average molecular weight is 383 g/mol. The Kier molecular flexibility index (Phi) is 6.49. The molecule has 0 radical (unpaired) electrons. The first-order valence-corrected chi connectivity index (χ1v) is 9.22. The first-order valence-electron chi connectivity index (χ1n) is 9.22. The van der Waals surface area contributed by atoms with E-state index in [4.69, 9.17) is 9.47 Å². The van der Waals surface area contributed by atoms with E-state index in [1.165, 1.54) is 0 Å². The van der Waals surface area contributed by atoms with Crippen LogP contribution in [0.4, 0.5) is 0 Å². The number of ether oxygens (including phenoxy) is 2. The maximum atomic E-state index is 12.5. The Hall–Kier alpha value is -3.06. The Morgan fingerprint density at radius 2 is 1.68 bits per heavy atom. The van der Waals surface area contributed by atoms with Crippen LogP contribution in [0.3, 0.4) is 0 Å². The van der Waals surface area contributed by atoms with Gasteiger partial charge in [0.2, 0.25) is 6.79 Å². The molecular weight excluding hydrogens is 358 g/mol. The second-order valence-electron chi connectivity index (χ2n) is 6.86. The Labute approximate surface area is 164 Å². The molecule has 2 amide bonds. The number of hydrogen-bond acceptors (Lipinski definition) is 5. The topological polar surface area (TPSA) is 79.9 Å². The maximum Gasteiger partial charge on any atom is 0.251 e. The second-order valence-corrected chi connectivity index (χ2v) is 6.86. The number of benzene rings is 2. The van der Waals surface area contributed by atoms with Crippen molar-refractivity contribution < 1.29 is 19.1 Å². The normalized spacial score (nSPS) is 12.1. The molecule has 1 heterocycles. The summed E-state index contributed by atoms with van der Waals surface area (Å²) >= 11 is 0. The van der Waals surface area contributed by atoms with E-state index >= 15 is 0 Å². The molecular formula is C21H25N3O4. The third-order valence-electron chi connectivity index (χ3n) is 4.34. The summed E-state index contributed by atoms with van der Waals surface area (Å²) in [7, 11) is 3.99. The standard InChI is InChI=1S/C21H25N3O4/c1-24(2)10-4-9-22-20(25)16-5-3-6-17(12-16)21(26)23-13-15-7-8-18-19(11-15)28-14-27-18/h3,5-8,11-12H,4,9-10,13-14H2,1-2H3,(H,22,25)(H,23,26). The van der Waals surface area contributed by atoms with Gasteiger partial charge in [-0.3, -0.25) is 9.59 Å². The molecule has 148 valence electrons. The highest BCUT2D eigenvalue weighted by Gasteiger charge is 2.14. The average Bonchev–Trinajstić information content (AvgIpc) is 3.17. The van der Waals surface area contributed by atoms with E-state index in [1.54, 1.807) is 24.3 Å². The van der Waals surface area contributed by atoms with E-state index in [0.29, 0.717) is 35.7 Å². The summed E-state index contributed by atoms with van der Waals surface area (Å²) < 4.78 is 10.6. The van der Waals surface area contributed by atoms with Crippen molar-refractivity contribution in [3.8, 4) is 11.5 Å². The molecule has 2 N–H and O–H groups in total. The van der Waals surface area contributed by atoms with Crippen LogP contribution in [0.25, 0.3) is 0 Å². The summed E-state index contributed by atoms with van der Waals surface area (Å²) in [5.41, 5.74) is 1.83. The van der Waals surface area contributed by atoms with Gasteiger partial charge in [-0.2, -0.15) is 0 Å². The van der Waals surface area contributed by atoms with Crippen LogP contribution in [0.5, 0.6) is 11.5 Å². The van der Waals surface area contributed by atoms with Gasteiger partial charge in [-0.1, -0.05) is 12.1 Å². The van der Waals surface area contributed by atoms with Gasteiger partial charge < -0.3 is 25.0 Å². The van der Waals surface area contributed by atoms with Gasteiger partial charge in [0.05, 0.1) is 0 Å². The number of amides is 2. The Morgan fingerprint density at radius 1 is 0.964 bits per heavy atom. The molecule has 0 unspecified atom stereocenters. The van der Waals surface area contributed by atoms with E-state index < -0.39 is 0 Å². The van der Waals surface area contributed by atoms with Crippen molar-refractivity contribution in [2.75, 3.05) is 34.0 Å². The van der Waals surface area contributed by atoms with Crippen molar-refractivity contribution in [2.45, 2.75) is 13.0 Å². The predicted molar refractivity (Wildman–Crippen MR) is 106 cm³/mol. The van der Waals surface area contributed by atoms with E-state index in [2.05, 4.69) is 15.5 Å².